The van der Waals surface area contributed by atoms with Crippen LogP contribution >= 0.6 is 0 Å². The molecule has 0 saturated heterocycles. The fourth-order valence-corrected chi connectivity index (χ4v) is 2.50. The predicted molar refractivity (Wildman–Crippen MR) is 88.7 cm³/mol. The molecule has 0 aliphatic rings. The normalized spacial score (nSPS) is 11.2. The molecule has 114 valence electrons. The van der Waals surface area contributed by atoms with E-state index in [1.165, 1.54) is 5.39 Å². The van der Waals surface area contributed by atoms with E-state index in [1.807, 2.05) is 30.5 Å². The molecule has 1 heterocycles. The summed E-state index contributed by atoms with van der Waals surface area (Å²) in [7, 11) is 0. The van der Waals surface area contributed by atoms with E-state index in [1.54, 1.807) is 0 Å². The van der Waals surface area contributed by atoms with Crippen LogP contribution in [-0.2, 0) is 0 Å². The summed E-state index contributed by atoms with van der Waals surface area (Å²) in [6.45, 7) is 6.18. The highest BCUT2D eigenvalue weighted by molar-refractivity contribution is 5.90. The van der Waals surface area contributed by atoms with Crippen molar-refractivity contribution < 1.29 is 5.11 Å². The minimum atomic E-state index is 0.245. The highest BCUT2D eigenvalue weighted by atomic mass is 16.3. The van der Waals surface area contributed by atoms with Gasteiger partial charge in [0.15, 0.2) is 0 Å². The molecule has 0 amide bonds. The molecular weight excluding hydrogens is 262 g/mol. The van der Waals surface area contributed by atoms with Gasteiger partial charge in [-0.2, -0.15) is 0 Å². The molecule has 4 heteroatoms. The molecule has 0 aliphatic heterocycles. The maximum Gasteiger partial charge on any atom is 0.0722 e. The monoisotopic (exact) mass is 287 g/mol. The molecule has 4 nitrogen and oxygen atoms in total. The lowest BCUT2D eigenvalue weighted by Crippen LogP contribution is -2.27. The van der Waals surface area contributed by atoms with Crippen LogP contribution in [0, 0.1) is 0 Å². The third kappa shape index (κ3) is 4.69. The Morgan fingerprint density at radius 2 is 2.00 bits per heavy atom. The fraction of sp³-hybridized carbons (Fsp3) is 0.471. The minimum Gasteiger partial charge on any atom is -0.395 e. The molecule has 0 spiro atoms. The maximum absolute atomic E-state index is 8.96. The van der Waals surface area contributed by atoms with Gasteiger partial charge in [0.05, 0.1) is 12.1 Å². The van der Waals surface area contributed by atoms with Gasteiger partial charge >= 0.3 is 0 Å². The number of pyridine rings is 1. The van der Waals surface area contributed by atoms with Gasteiger partial charge in [-0.15, -0.1) is 0 Å². The number of nitrogens with zero attached hydrogens (tertiary/aromatic N) is 2. The van der Waals surface area contributed by atoms with Crippen LogP contribution in [0.25, 0.3) is 10.9 Å². The number of nitrogens with one attached hydrogen (secondary N) is 1. The summed E-state index contributed by atoms with van der Waals surface area (Å²) in [5.74, 6) is 0. The summed E-state index contributed by atoms with van der Waals surface area (Å²) in [5, 5.41) is 13.6. The number of aromatic nitrogens is 1. The van der Waals surface area contributed by atoms with Crippen molar-refractivity contribution in [1.29, 1.82) is 0 Å². The molecule has 1 aromatic heterocycles. The Hall–Kier alpha value is -1.65. The summed E-state index contributed by atoms with van der Waals surface area (Å²) in [6, 6.07) is 10.2. The van der Waals surface area contributed by atoms with E-state index in [4.69, 9.17) is 5.11 Å². The number of aliphatic hydroxyl groups is 1. The predicted octanol–water partition coefficient (Wildman–Crippen LogP) is 2.74. The number of para-hydroxylation sites is 1. The number of likely N-dealkylation sites (N-methyl/N-ethyl adjacent to an activating group) is 1. The molecule has 0 radical (unpaired) electrons. The standard InChI is InChI=1S/C17H25N3O/c1-2-20(13-14-21)12-6-5-10-18-17-9-11-19-16-8-4-3-7-15(16)17/h3-4,7-9,11,21H,2,5-6,10,12-14H2,1H3,(H,18,19). The van der Waals surface area contributed by atoms with Gasteiger partial charge in [0.25, 0.3) is 0 Å². The third-order valence-electron chi connectivity index (χ3n) is 3.73. The Morgan fingerprint density at radius 3 is 2.81 bits per heavy atom. The van der Waals surface area contributed by atoms with E-state index in [0.717, 1.165) is 50.2 Å². The van der Waals surface area contributed by atoms with Crippen molar-refractivity contribution in [2.45, 2.75) is 19.8 Å². The fourth-order valence-electron chi connectivity index (χ4n) is 2.50. The van der Waals surface area contributed by atoms with Crippen molar-refractivity contribution in [2.24, 2.45) is 0 Å². The lowest BCUT2D eigenvalue weighted by molar-refractivity contribution is 0.200. The zero-order valence-corrected chi connectivity index (χ0v) is 12.8. The molecule has 2 rings (SSSR count). The van der Waals surface area contributed by atoms with Crippen LogP contribution in [0.5, 0.6) is 0 Å². The Bertz CT molecular complexity index is 539. The first-order valence-corrected chi connectivity index (χ1v) is 7.76. The summed E-state index contributed by atoms with van der Waals surface area (Å²) in [5.41, 5.74) is 2.19. The first-order valence-electron chi connectivity index (χ1n) is 7.76. The van der Waals surface area contributed by atoms with Crippen molar-refractivity contribution in [1.82, 2.24) is 9.88 Å². The largest absolute Gasteiger partial charge is 0.395 e. The van der Waals surface area contributed by atoms with Gasteiger partial charge in [-0.1, -0.05) is 25.1 Å². The van der Waals surface area contributed by atoms with Crippen molar-refractivity contribution in [2.75, 3.05) is 38.1 Å². The zero-order valence-electron chi connectivity index (χ0n) is 12.8. The second-order valence-electron chi connectivity index (χ2n) is 5.17. The topological polar surface area (TPSA) is 48.4 Å². The second kappa shape index (κ2) is 8.60. The van der Waals surface area contributed by atoms with Gasteiger partial charge in [0, 0.05) is 30.4 Å². The van der Waals surface area contributed by atoms with Crippen molar-refractivity contribution >= 4 is 16.6 Å². The van der Waals surface area contributed by atoms with E-state index >= 15 is 0 Å². The van der Waals surface area contributed by atoms with Gasteiger partial charge in [-0.25, -0.2) is 0 Å². The van der Waals surface area contributed by atoms with E-state index in [2.05, 4.69) is 28.2 Å². The first-order chi connectivity index (χ1) is 10.3. The summed E-state index contributed by atoms with van der Waals surface area (Å²) in [6.07, 6.45) is 4.12. The molecule has 0 fully saturated rings. The molecule has 2 aromatic rings. The number of hydrogen-bond acceptors (Lipinski definition) is 4. The van der Waals surface area contributed by atoms with E-state index in [-0.39, 0.29) is 6.61 Å². The molecule has 1 aromatic carbocycles. The average Bonchev–Trinajstić information content (AvgIpc) is 2.53. The maximum atomic E-state index is 8.96. The van der Waals surface area contributed by atoms with E-state index < -0.39 is 0 Å². The van der Waals surface area contributed by atoms with Crippen molar-refractivity contribution in [3.63, 3.8) is 0 Å². The van der Waals surface area contributed by atoms with Crippen LogP contribution in [0.15, 0.2) is 36.5 Å². The van der Waals surface area contributed by atoms with Crippen LogP contribution < -0.4 is 5.32 Å². The highest BCUT2D eigenvalue weighted by Crippen LogP contribution is 2.20. The molecule has 21 heavy (non-hydrogen) atoms. The van der Waals surface area contributed by atoms with Gasteiger partial charge < -0.3 is 15.3 Å². The lowest BCUT2D eigenvalue weighted by Gasteiger charge is -2.18. The van der Waals surface area contributed by atoms with Crippen molar-refractivity contribution in [3.8, 4) is 0 Å². The smallest absolute Gasteiger partial charge is 0.0722 e. The molecule has 0 saturated carbocycles. The van der Waals surface area contributed by atoms with Crippen LogP contribution in [0.4, 0.5) is 5.69 Å². The van der Waals surface area contributed by atoms with E-state index in [9.17, 15) is 0 Å². The Balaban J connectivity index is 1.78. The molecule has 0 aliphatic carbocycles. The number of benzene rings is 1. The van der Waals surface area contributed by atoms with Gasteiger partial charge in [-0.05, 0) is 38.1 Å². The van der Waals surface area contributed by atoms with Crippen LogP contribution in [0.3, 0.4) is 0 Å². The number of aliphatic hydroxyl groups excluding tert-OH is 1. The Labute approximate surface area is 126 Å². The number of fused-ring (bicyclic) bond motifs is 1. The number of unbranched alkanes of at least 4 members (excludes halogenated alkanes) is 1. The molecular formula is C17H25N3O. The SMILES string of the molecule is CCN(CCO)CCCCNc1ccnc2ccccc12. The average molecular weight is 287 g/mol. The summed E-state index contributed by atoms with van der Waals surface area (Å²) in [4.78, 5) is 6.65. The second-order valence-corrected chi connectivity index (χ2v) is 5.17. The van der Waals surface area contributed by atoms with E-state index in [0.29, 0.717) is 0 Å². The van der Waals surface area contributed by atoms with Gasteiger partial charge in [-0.3, -0.25) is 4.98 Å². The number of anilines is 1. The highest BCUT2D eigenvalue weighted by Gasteiger charge is 2.02. The zero-order chi connectivity index (χ0) is 14.9. The molecule has 0 atom stereocenters. The first kappa shape index (κ1) is 15.7. The molecule has 0 unspecified atom stereocenters. The number of hydrogen-bond donors (Lipinski definition) is 2. The van der Waals surface area contributed by atoms with Crippen LogP contribution in [-0.4, -0.2) is 47.8 Å². The Morgan fingerprint density at radius 1 is 1.14 bits per heavy atom. The molecule has 2 N–H and O–H groups in total. The lowest BCUT2D eigenvalue weighted by atomic mass is 10.2. The van der Waals surface area contributed by atoms with Crippen LogP contribution in [0.2, 0.25) is 0 Å². The van der Waals surface area contributed by atoms with Gasteiger partial charge in [0.2, 0.25) is 0 Å². The van der Waals surface area contributed by atoms with Crippen LogP contribution in [0.1, 0.15) is 19.8 Å². The quantitative estimate of drug-likeness (QED) is 0.696. The van der Waals surface area contributed by atoms with Crippen molar-refractivity contribution in [3.05, 3.63) is 36.5 Å². The third-order valence-corrected chi connectivity index (χ3v) is 3.73. The summed E-state index contributed by atoms with van der Waals surface area (Å²) < 4.78 is 0. The van der Waals surface area contributed by atoms with Gasteiger partial charge in [0.1, 0.15) is 0 Å². The number of rotatable bonds is 9. The minimum absolute atomic E-state index is 0.245. The molecule has 0 bridgehead atoms. The summed E-state index contributed by atoms with van der Waals surface area (Å²) >= 11 is 0. The Kier molecular flexibility index (Phi) is 6.44.